The van der Waals surface area contributed by atoms with Gasteiger partial charge in [0, 0.05) is 25.7 Å². The van der Waals surface area contributed by atoms with E-state index in [1.54, 1.807) is 0 Å². The van der Waals surface area contributed by atoms with Crippen LogP contribution >= 0.6 is 15.6 Å². The van der Waals surface area contributed by atoms with Crippen molar-refractivity contribution in [3.05, 3.63) is 0 Å². The van der Waals surface area contributed by atoms with Crippen LogP contribution in [0.15, 0.2) is 0 Å². The average molecular weight is 1200 g/mol. The molecule has 17 nitrogen and oxygen atoms in total. The zero-order valence-electron chi connectivity index (χ0n) is 51.9. The molecule has 0 aliphatic rings. The van der Waals surface area contributed by atoms with Gasteiger partial charge in [0.2, 0.25) is 0 Å². The minimum Gasteiger partial charge on any atom is -0.462 e. The van der Waals surface area contributed by atoms with E-state index in [0.717, 1.165) is 109 Å². The topological polar surface area (TPSA) is 237 Å². The Morgan fingerprint density at radius 3 is 0.840 bits per heavy atom. The molecule has 0 saturated carbocycles. The highest BCUT2D eigenvalue weighted by atomic mass is 31.2. The molecule has 0 radical (unpaired) electrons. The maximum atomic E-state index is 13.0. The lowest BCUT2D eigenvalue weighted by molar-refractivity contribution is -0.161. The van der Waals surface area contributed by atoms with Crippen molar-refractivity contribution in [2.24, 2.45) is 5.92 Å². The Morgan fingerprint density at radius 1 is 0.333 bits per heavy atom. The molecule has 2 unspecified atom stereocenters. The number of carbonyl (C=O) groups is 4. The van der Waals surface area contributed by atoms with Gasteiger partial charge < -0.3 is 33.8 Å². The number of hydrogen-bond acceptors (Lipinski definition) is 15. The number of esters is 4. The number of ether oxygens (including phenoxy) is 4. The molecule has 5 atom stereocenters. The van der Waals surface area contributed by atoms with Crippen LogP contribution in [0.2, 0.25) is 0 Å². The predicted octanol–water partition coefficient (Wildman–Crippen LogP) is 17.0. The van der Waals surface area contributed by atoms with E-state index in [9.17, 15) is 43.2 Å². The van der Waals surface area contributed by atoms with Crippen molar-refractivity contribution in [1.82, 2.24) is 0 Å². The lowest BCUT2D eigenvalue weighted by Crippen LogP contribution is -2.30. The lowest BCUT2D eigenvalue weighted by atomic mass is 10.0. The minimum atomic E-state index is -4.94. The standard InChI is InChI=1S/C62H120O17P2/c1-6-9-12-15-18-20-21-22-23-24-25-27-32-38-43-48-62(67)79-58(52-73-60(65)46-41-36-33-28-30-34-39-44-55(4)5)54-77-81(70,71)75-50-56(63)49-74-80(68,69)76-53-57(51-72-59(64)45-40-35-29-17-14-11-8-3)78-61(66)47-42-37-31-26-19-16-13-10-7-2/h55-58,63H,6-54H2,1-5H3,(H,68,69)(H,70,71)/t56-,57+,58+/m0/s1. The second-order valence-electron chi connectivity index (χ2n) is 22.9. The van der Waals surface area contributed by atoms with Gasteiger partial charge in [-0.1, -0.05) is 259 Å². The third-order valence-electron chi connectivity index (χ3n) is 14.3. The first kappa shape index (κ1) is 79.1. The van der Waals surface area contributed by atoms with Crippen LogP contribution in [0.5, 0.6) is 0 Å². The molecule has 0 rings (SSSR count). The summed E-state index contributed by atoms with van der Waals surface area (Å²) in [6.45, 7) is 7.07. The smallest absolute Gasteiger partial charge is 0.462 e. The van der Waals surface area contributed by atoms with E-state index in [2.05, 4.69) is 34.6 Å². The van der Waals surface area contributed by atoms with Crippen molar-refractivity contribution in [1.29, 1.82) is 0 Å². The molecule has 0 spiro atoms. The maximum Gasteiger partial charge on any atom is 0.472 e. The second kappa shape index (κ2) is 55.9. The van der Waals surface area contributed by atoms with Crippen LogP contribution in [0.4, 0.5) is 0 Å². The van der Waals surface area contributed by atoms with Gasteiger partial charge >= 0.3 is 39.5 Å². The van der Waals surface area contributed by atoms with Crippen molar-refractivity contribution in [2.45, 2.75) is 329 Å². The van der Waals surface area contributed by atoms with Gasteiger partial charge in [-0.25, -0.2) is 9.13 Å². The molecule has 19 heteroatoms. The van der Waals surface area contributed by atoms with E-state index >= 15 is 0 Å². The molecule has 0 saturated heterocycles. The summed E-state index contributed by atoms with van der Waals surface area (Å²) in [5.41, 5.74) is 0. The Hall–Kier alpha value is -1.94. The van der Waals surface area contributed by atoms with Gasteiger partial charge in [0.25, 0.3) is 0 Å². The van der Waals surface area contributed by atoms with Crippen LogP contribution in [-0.4, -0.2) is 96.7 Å². The highest BCUT2D eigenvalue weighted by Gasteiger charge is 2.30. The van der Waals surface area contributed by atoms with E-state index in [-0.39, 0.29) is 25.7 Å². The van der Waals surface area contributed by atoms with Gasteiger partial charge in [0.05, 0.1) is 26.4 Å². The van der Waals surface area contributed by atoms with Crippen molar-refractivity contribution in [3.8, 4) is 0 Å². The summed E-state index contributed by atoms with van der Waals surface area (Å²) in [7, 11) is -9.87. The Labute approximate surface area is 492 Å². The van der Waals surface area contributed by atoms with Crippen LogP contribution < -0.4 is 0 Å². The fourth-order valence-corrected chi connectivity index (χ4v) is 10.8. The quantitative estimate of drug-likeness (QED) is 0.0222. The largest absolute Gasteiger partial charge is 0.472 e. The molecule has 0 heterocycles. The highest BCUT2D eigenvalue weighted by Crippen LogP contribution is 2.45. The van der Waals surface area contributed by atoms with Crippen LogP contribution in [0.25, 0.3) is 0 Å². The molecular weight excluding hydrogens is 1080 g/mol. The van der Waals surface area contributed by atoms with Gasteiger partial charge in [-0.05, 0) is 31.6 Å². The molecule has 0 amide bonds. The first-order valence-corrected chi connectivity index (χ1v) is 35.6. The van der Waals surface area contributed by atoms with E-state index in [1.807, 2.05) is 0 Å². The Kier molecular flexibility index (Phi) is 54.6. The molecule has 0 bridgehead atoms. The molecule has 0 aliphatic carbocycles. The maximum absolute atomic E-state index is 13.0. The van der Waals surface area contributed by atoms with Crippen molar-refractivity contribution < 1.29 is 80.2 Å². The number of phosphoric acid groups is 2. The van der Waals surface area contributed by atoms with Crippen LogP contribution in [0.3, 0.4) is 0 Å². The highest BCUT2D eigenvalue weighted by molar-refractivity contribution is 7.47. The number of aliphatic hydroxyl groups is 1. The number of unbranched alkanes of at least 4 members (excludes halogenated alkanes) is 34. The number of hydrogen-bond donors (Lipinski definition) is 3. The summed E-state index contributed by atoms with van der Waals surface area (Å²) < 4.78 is 67.8. The zero-order valence-corrected chi connectivity index (χ0v) is 53.7. The minimum absolute atomic E-state index is 0.105. The molecule has 480 valence electrons. The van der Waals surface area contributed by atoms with E-state index in [1.165, 1.54) is 116 Å². The van der Waals surface area contributed by atoms with Gasteiger partial charge in [0.15, 0.2) is 12.2 Å². The third-order valence-corrected chi connectivity index (χ3v) is 16.2. The molecule has 3 N–H and O–H groups in total. The van der Waals surface area contributed by atoms with Gasteiger partial charge in [-0.3, -0.25) is 37.3 Å². The normalized spacial score (nSPS) is 14.3. The molecule has 0 aliphatic heterocycles. The first-order chi connectivity index (χ1) is 39.0. The van der Waals surface area contributed by atoms with Crippen LogP contribution in [0, 0.1) is 5.92 Å². The monoisotopic (exact) mass is 1200 g/mol. The van der Waals surface area contributed by atoms with E-state index < -0.39 is 97.5 Å². The molecular formula is C62H120O17P2. The Balaban J connectivity index is 5.19. The molecule has 81 heavy (non-hydrogen) atoms. The van der Waals surface area contributed by atoms with Crippen molar-refractivity contribution >= 4 is 39.5 Å². The van der Waals surface area contributed by atoms with Gasteiger partial charge in [0.1, 0.15) is 19.3 Å². The van der Waals surface area contributed by atoms with Crippen molar-refractivity contribution in [3.63, 3.8) is 0 Å². The molecule has 0 aromatic carbocycles. The summed E-state index contributed by atoms with van der Waals surface area (Å²) in [5.74, 6) is -1.44. The number of aliphatic hydroxyl groups excluding tert-OH is 1. The zero-order chi connectivity index (χ0) is 59.9. The molecule has 0 aromatic rings. The Bertz CT molecular complexity index is 1580. The summed E-state index contributed by atoms with van der Waals surface area (Å²) in [4.78, 5) is 71.9. The van der Waals surface area contributed by atoms with Gasteiger partial charge in [-0.15, -0.1) is 0 Å². The number of carbonyl (C=O) groups excluding carboxylic acids is 4. The Morgan fingerprint density at radius 2 is 0.568 bits per heavy atom. The van der Waals surface area contributed by atoms with Crippen LogP contribution in [-0.2, 0) is 65.4 Å². The van der Waals surface area contributed by atoms with Crippen molar-refractivity contribution in [2.75, 3.05) is 39.6 Å². The summed E-state index contributed by atoms with van der Waals surface area (Å²) >= 11 is 0. The summed E-state index contributed by atoms with van der Waals surface area (Å²) in [5, 5.41) is 10.5. The van der Waals surface area contributed by atoms with E-state index in [0.29, 0.717) is 31.6 Å². The van der Waals surface area contributed by atoms with E-state index in [4.69, 9.17) is 37.0 Å². The lowest BCUT2D eigenvalue weighted by Gasteiger charge is -2.21. The molecule has 0 fully saturated rings. The summed E-state index contributed by atoms with van der Waals surface area (Å²) in [6.07, 6.45) is 39.1. The van der Waals surface area contributed by atoms with Gasteiger partial charge in [-0.2, -0.15) is 0 Å². The average Bonchev–Trinajstić information content (AvgIpc) is 3.43. The number of phosphoric ester groups is 2. The predicted molar refractivity (Wildman–Crippen MR) is 322 cm³/mol. The second-order valence-corrected chi connectivity index (χ2v) is 25.8. The summed E-state index contributed by atoms with van der Waals surface area (Å²) in [6, 6.07) is 0. The SMILES string of the molecule is CCCCCCCCCCCCCCCCCC(=O)O[C@H](COC(=O)CCCCCCCCCC(C)C)COP(=O)(O)OC[C@@H](O)COP(=O)(O)OC[C@@H](COC(=O)CCCCCCCCC)OC(=O)CCCCCCCCCCC. The fourth-order valence-electron chi connectivity index (χ4n) is 9.23. The fraction of sp³-hybridized carbons (Fsp3) is 0.935. The number of rotatable bonds is 62. The van der Waals surface area contributed by atoms with Crippen LogP contribution in [0.1, 0.15) is 311 Å². The molecule has 0 aromatic heterocycles. The first-order valence-electron chi connectivity index (χ1n) is 32.6. The third kappa shape index (κ3) is 56.9.